The fraction of sp³-hybridized carbons (Fsp3) is 0.455. The van der Waals surface area contributed by atoms with Crippen molar-refractivity contribution in [2.24, 2.45) is 0 Å². The first-order valence-electron chi connectivity index (χ1n) is 4.19. The maximum atomic E-state index is 2.44. The Balaban J connectivity index is 3.60. The molecule has 1 heteroatoms. The molecule has 1 aromatic carbocycles. The Morgan fingerprint density at radius 2 is 0.833 bits per heavy atom. The van der Waals surface area contributed by atoms with Gasteiger partial charge in [-0.05, 0) is 0 Å². The summed E-state index contributed by atoms with van der Waals surface area (Å²) in [5.41, 5.74) is 7.22. The third-order valence-corrected chi connectivity index (χ3v) is 4.30. The predicted molar refractivity (Wildman–Crippen MR) is 49.8 cm³/mol. The van der Waals surface area contributed by atoms with E-state index in [1.54, 1.807) is 0 Å². The van der Waals surface area contributed by atoms with Crippen LogP contribution in [0.1, 0.15) is 27.8 Å². The van der Waals surface area contributed by atoms with Crippen LogP contribution in [0.4, 0.5) is 0 Å². The van der Waals surface area contributed by atoms with Gasteiger partial charge in [0.15, 0.2) is 0 Å². The molecule has 0 N–H and O–H groups in total. The second-order valence-electron chi connectivity index (χ2n) is 3.44. The van der Waals surface area contributed by atoms with Gasteiger partial charge in [-0.3, -0.25) is 0 Å². The van der Waals surface area contributed by atoms with E-state index in [0.29, 0.717) is 0 Å². The number of hydrogen-bond acceptors (Lipinski definition) is 0. The average Bonchev–Trinajstić information content (AvgIpc) is 2.08. The third-order valence-electron chi connectivity index (χ3n) is 2.91. The first-order chi connectivity index (χ1) is 5.46. The zero-order chi connectivity index (χ0) is 9.46. The molecule has 0 spiro atoms. The topological polar surface area (TPSA) is 0 Å². The molecule has 0 radical (unpaired) electrons. The molecule has 0 aliphatic heterocycles. The zero-order valence-electron chi connectivity index (χ0n) is 8.38. The summed E-state index contributed by atoms with van der Waals surface area (Å²) in [6.45, 7) is 11.0. The van der Waals surface area contributed by atoms with Gasteiger partial charge in [0.05, 0.1) is 0 Å². The Morgan fingerprint density at radius 3 is 1.17 bits per heavy atom. The Kier molecular flexibility index (Phi) is 2.75. The van der Waals surface area contributed by atoms with Crippen molar-refractivity contribution >= 4 is 4.08 Å². The summed E-state index contributed by atoms with van der Waals surface area (Å²) in [7, 11) is 0. The first kappa shape index (κ1) is 9.95. The van der Waals surface area contributed by atoms with Crippen molar-refractivity contribution in [1.82, 2.24) is 0 Å². The molecule has 0 fully saturated rings. The summed E-state index contributed by atoms with van der Waals surface area (Å²) in [5.74, 6) is 0. The van der Waals surface area contributed by atoms with Crippen molar-refractivity contribution < 1.29 is 18.9 Å². The van der Waals surface area contributed by atoms with Gasteiger partial charge in [0, 0.05) is 0 Å². The van der Waals surface area contributed by atoms with Gasteiger partial charge in [0.25, 0.3) is 0 Å². The van der Waals surface area contributed by atoms with Gasteiger partial charge in [-0.15, -0.1) is 0 Å². The van der Waals surface area contributed by atoms with Crippen molar-refractivity contribution in [2.75, 3.05) is 0 Å². The molecule has 0 aliphatic rings. The molecule has 1 rings (SSSR count). The van der Waals surface area contributed by atoms with Gasteiger partial charge >= 0.3 is 85.4 Å². The monoisotopic (exact) mass is 244 g/mol. The molecule has 0 unspecified atom stereocenters. The minimum atomic E-state index is 1.42. The van der Waals surface area contributed by atoms with Gasteiger partial charge in [-0.2, -0.15) is 0 Å². The fourth-order valence-electron chi connectivity index (χ4n) is 1.45. The molecule has 0 aliphatic carbocycles. The van der Waals surface area contributed by atoms with E-state index in [4.69, 9.17) is 0 Å². The normalized spacial score (nSPS) is 10.5. The SMILES string of the molecule is Cc1c(C)c(C)[c]([Tc])c(C)c1C. The molecule has 12 heavy (non-hydrogen) atoms. The standard InChI is InChI=1S/C11H15.Tc/c1-7-6-8(2)10(4)11(5)9(7)3;/h1-5H3;. The number of rotatable bonds is 0. The van der Waals surface area contributed by atoms with E-state index in [1.807, 2.05) is 0 Å². The molecule has 66 valence electrons. The molecule has 0 nitrogen and oxygen atoms in total. The molecule has 0 amide bonds. The van der Waals surface area contributed by atoms with E-state index in [9.17, 15) is 0 Å². The number of hydrogen-bond donors (Lipinski definition) is 0. The quantitative estimate of drug-likeness (QED) is 0.658. The summed E-state index contributed by atoms with van der Waals surface area (Å²) in [6.07, 6.45) is 0. The van der Waals surface area contributed by atoms with Crippen molar-refractivity contribution in [2.45, 2.75) is 34.6 Å². The molecule has 0 atom stereocenters. The van der Waals surface area contributed by atoms with E-state index in [-0.39, 0.29) is 0 Å². The van der Waals surface area contributed by atoms with E-state index in [0.717, 1.165) is 0 Å². The molecule has 0 saturated heterocycles. The molecule has 0 aromatic heterocycles. The second-order valence-corrected chi connectivity index (χ2v) is 4.37. The fourth-order valence-corrected chi connectivity index (χ4v) is 2.15. The molecular formula is C11H15Tc. The van der Waals surface area contributed by atoms with Crippen LogP contribution >= 0.6 is 0 Å². The maximum absolute atomic E-state index is 2.44. The summed E-state index contributed by atoms with van der Waals surface area (Å²) in [5, 5.41) is 0. The van der Waals surface area contributed by atoms with Gasteiger partial charge in [-0.1, -0.05) is 0 Å². The minimum absolute atomic E-state index is 1.42. The summed E-state index contributed by atoms with van der Waals surface area (Å²) >= 11 is 2.44. The van der Waals surface area contributed by atoms with Gasteiger partial charge in [-0.25, -0.2) is 0 Å². The van der Waals surface area contributed by atoms with Gasteiger partial charge in [0.2, 0.25) is 0 Å². The third kappa shape index (κ3) is 1.36. The Bertz CT molecular complexity index is 219. The van der Waals surface area contributed by atoms with Crippen molar-refractivity contribution in [3.05, 3.63) is 27.8 Å². The van der Waals surface area contributed by atoms with Crippen LogP contribution < -0.4 is 4.08 Å². The van der Waals surface area contributed by atoms with Crippen LogP contribution in [0.3, 0.4) is 0 Å². The summed E-state index contributed by atoms with van der Waals surface area (Å²) in [4.78, 5) is 0. The van der Waals surface area contributed by atoms with Gasteiger partial charge in [0.1, 0.15) is 0 Å². The van der Waals surface area contributed by atoms with Crippen LogP contribution in [-0.2, 0) is 18.9 Å². The predicted octanol–water partition coefficient (Wildman–Crippen LogP) is 2.40. The first-order valence-corrected chi connectivity index (χ1v) is 5.12. The Labute approximate surface area is 85.5 Å². The Morgan fingerprint density at radius 1 is 0.583 bits per heavy atom. The van der Waals surface area contributed by atoms with Crippen molar-refractivity contribution in [3.8, 4) is 0 Å². The van der Waals surface area contributed by atoms with Crippen LogP contribution in [-0.4, -0.2) is 0 Å². The van der Waals surface area contributed by atoms with E-state index < -0.39 is 0 Å². The second kappa shape index (κ2) is 3.32. The van der Waals surface area contributed by atoms with E-state index >= 15 is 0 Å². The molecular weight excluding hydrogens is 230 g/mol. The van der Waals surface area contributed by atoms with Crippen molar-refractivity contribution in [1.29, 1.82) is 0 Å². The van der Waals surface area contributed by atoms with Crippen LogP contribution in [0.15, 0.2) is 0 Å². The van der Waals surface area contributed by atoms with Crippen molar-refractivity contribution in [3.63, 3.8) is 0 Å². The van der Waals surface area contributed by atoms with Crippen LogP contribution in [0.25, 0.3) is 0 Å². The Hall–Kier alpha value is -0.131. The van der Waals surface area contributed by atoms with Gasteiger partial charge < -0.3 is 0 Å². The van der Waals surface area contributed by atoms with E-state index in [2.05, 4.69) is 53.5 Å². The van der Waals surface area contributed by atoms with Crippen LogP contribution in [0, 0.1) is 34.6 Å². The van der Waals surface area contributed by atoms with Crippen LogP contribution in [0.2, 0.25) is 0 Å². The molecule has 1 aromatic rings. The number of benzene rings is 1. The molecule has 0 saturated carbocycles. The summed E-state index contributed by atoms with van der Waals surface area (Å²) in [6, 6.07) is 0. The van der Waals surface area contributed by atoms with Crippen LogP contribution in [0.5, 0.6) is 0 Å². The zero-order valence-corrected chi connectivity index (χ0v) is 10.2. The molecule has 0 heterocycles. The summed E-state index contributed by atoms with van der Waals surface area (Å²) < 4.78 is 1.42. The average molecular weight is 245 g/mol. The molecule has 0 bridgehead atoms. The van der Waals surface area contributed by atoms with E-state index in [1.165, 1.54) is 31.9 Å².